The normalized spacial score (nSPS) is 10.7. The van der Waals surface area contributed by atoms with Crippen molar-refractivity contribution in [2.45, 2.75) is 13.3 Å². The van der Waals surface area contributed by atoms with Gasteiger partial charge in [-0.2, -0.15) is 0 Å². The number of rotatable bonds is 3. The van der Waals surface area contributed by atoms with Crippen molar-refractivity contribution in [1.29, 1.82) is 0 Å². The molecule has 84 valence electrons. The van der Waals surface area contributed by atoms with Gasteiger partial charge in [-0.1, -0.05) is 11.6 Å². The highest BCUT2D eigenvalue weighted by molar-refractivity contribution is 9.10. The Morgan fingerprint density at radius 1 is 1.38 bits per heavy atom. The molecule has 0 N–H and O–H groups in total. The van der Waals surface area contributed by atoms with Gasteiger partial charge in [0.25, 0.3) is 0 Å². The molecule has 2 rings (SSSR count). The number of hydrogen-bond donors (Lipinski definition) is 0. The average Bonchev–Trinajstić information content (AvgIpc) is 2.71. The summed E-state index contributed by atoms with van der Waals surface area (Å²) in [5, 5.41) is 7.93. The molecule has 5 heteroatoms. The predicted octanol–water partition coefficient (Wildman–Crippen LogP) is 3.59. The molecule has 16 heavy (non-hydrogen) atoms. The maximum Gasteiger partial charge on any atom is 0.248 e. The van der Waals surface area contributed by atoms with E-state index in [1.807, 2.05) is 25.1 Å². The highest BCUT2D eigenvalue weighted by atomic mass is 79.9. The van der Waals surface area contributed by atoms with Crippen LogP contribution in [0, 0.1) is 6.92 Å². The molecule has 0 amide bonds. The lowest BCUT2D eigenvalue weighted by Gasteiger charge is -2.00. The van der Waals surface area contributed by atoms with E-state index >= 15 is 0 Å². The van der Waals surface area contributed by atoms with Crippen molar-refractivity contribution in [2.24, 2.45) is 0 Å². The molecule has 0 saturated carbocycles. The third-order valence-electron chi connectivity index (χ3n) is 2.13. The van der Waals surface area contributed by atoms with E-state index in [9.17, 15) is 0 Å². The van der Waals surface area contributed by atoms with Crippen LogP contribution in [0.15, 0.2) is 27.1 Å². The number of hydrogen-bond acceptors (Lipinski definition) is 3. The first-order chi connectivity index (χ1) is 7.70. The first-order valence-electron chi connectivity index (χ1n) is 4.85. The molecule has 3 nitrogen and oxygen atoms in total. The second kappa shape index (κ2) is 4.97. The lowest BCUT2D eigenvalue weighted by Crippen LogP contribution is -1.84. The molecule has 1 aromatic heterocycles. The van der Waals surface area contributed by atoms with Crippen molar-refractivity contribution < 1.29 is 4.42 Å². The minimum Gasteiger partial charge on any atom is -0.421 e. The Hall–Kier alpha value is -0.870. The van der Waals surface area contributed by atoms with Crippen LogP contribution in [-0.2, 0) is 6.42 Å². The molecule has 1 heterocycles. The van der Waals surface area contributed by atoms with Gasteiger partial charge in [-0.05, 0) is 35.0 Å². The zero-order valence-corrected chi connectivity index (χ0v) is 11.0. The van der Waals surface area contributed by atoms with Crippen molar-refractivity contribution in [3.8, 4) is 11.5 Å². The zero-order valence-electron chi connectivity index (χ0n) is 8.70. The minimum atomic E-state index is 0.483. The Bertz CT molecular complexity index is 498. The van der Waals surface area contributed by atoms with Crippen LogP contribution in [-0.4, -0.2) is 16.1 Å². The summed E-state index contributed by atoms with van der Waals surface area (Å²) in [4.78, 5) is 0. The van der Waals surface area contributed by atoms with Gasteiger partial charge in [-0.3, -0.25) is 0 Å². The molecular weight excluding hydrogens is 291 g/mol. The van der Waals surface area contributed by atoms with E-state index in [1.54, 1.807) is 0 Å². The summed E-state index contributed by atoms with van der Waals surface area (Å²) >= 11 is 9.07. The first-order valence-corrected chi connectivity index (χ1v) is 6.18. The topological polar surface area (TPSA) is 38.9 Å². The van der Waals surface area contributed by atoms with E-state index in [1.165, 1.54) is 0 Å². The monoisotopic (exact) mass is 300 g/mol. The van der Waals surface area contributed by atoms with Gasteiger partial charge in [0.05, 0.1) is 5.56 Å². The van der Waals surface area contributed by atoms with Crippen LogP contribution in [0.2, 0.25) is 0 Å². The maximum atomic E-state index is 5.61. The van der Waals surface area contributed by atoms with Crippen LogP contribution in [0.4, 0.5) is 0 Å². The molecular formula is C11H10BrClN2O. The van der Waals surface area contributed by atoms with E-state index in [0.717, 1.165) is 15.6 Å². The molecule has 2 aromatic rings. The van der Waals surface area contributed by atoms with Gasteiger partial charge in [-0.15, -0.1) is 21.8 Å². The Morgan fingerprint density at radius 2 is 2.19 bits per heavy atom. The van der Waals surface area contributed by atoms with Gasteiger partial charge in [0, 0.05) is 16.8 Å². The third-order valence-corrected chi connectivity index (χ3v) is 3.01. The number of halogens is 2. The summed E-state index contributed by atoms with van der Waals surface area (Å²) in [6.07, 6.45) is 0.595. The predicted molar refractivity (Wildman–Crippen MR) is 66.6 cm³/mol. The van der Waals surface area contributed by atoms with Crippen molar-refractivity contribution in [3.05, 3.63) is 34.1 Å². The molecule has 1 aromatic carbocycles. The van der Waals surface area contributed by atoms with Crippen LogP contribution in [0.1, 0.15) is 11.5 Å². The van der Waals surface area contributed by atoms with E-state index in [2.05, 4.69) is 26.1 Å². The zero-order chi connectivity index (χ0) is 11.5. The van der Waals surface area contributed by atoms with Gasteiger partial charge < -0.3 is 4.42 Å². The molecule has 0 aliphatic carbocycles. The summed E-state index contributed by atoms with van der Waals surface area (Å²) in [7, 11) is 0. The van der Waals surface area contributed by atoms with Crippen molar-refractivity contribution in [1.82, 2.24) is 10.2 Å². The number of benzene rings is 1. The van der Waals surface area contributed by atoms with Crippen molar-refractivity contribution in [3.63, 3.8) is 0 Å². The second-order valence-corrected chi connectivity index (χ2v) is 4.66. The number of alkyl halides is 1. The Kier molecular flexibility index (Phi) is 3.61. The molecule has 0 radical (unpaired) electrons. The molecule has 0 unspecified atom stereocenters. The molecule has 0 bridgehead atoms. The average molecular weight is 302 g/mol. The SMILES string of the molecule is Cc1ccc(Br)c(-c2nnc(CCCl)o2)c1. The largest absolute Gasteiger partial charge is 0.421 e. The van der Waals surface area contributed by atoms with Crippen molar-refractivity contribution in [2.75, 3.05) is 5.88 Å². The van der Waals surface area contributed by atoms with E-state index < -0.39 is 0 Å². The van der Waals surface area contributed by atoms with Crippen LogP contribution >= 0.6 is 27.5 Å². The van der Waals surface area contributed by atoms with Gasteiger partial charge in [-0.25, -0.2) is 0 Å². The fraction of sp³-hybridized carbons (Fsp3) is 0.273. The Labute approximate surface area is 107 Å². The summed E-state index contributed by atoms with van der Waals surface area (Å²) in [5.74, 6) is 1.57. The molecule has 0 spiro atoms. The van der Waals surface area contributed by atoms with E-state index in [0.29, 0.717) is 24.1 Å². The van der Waals surface area contributed by atoms with Crippen LogP contribution in [0.5, 0.6) is 0 Å². The maximum absolute atomic E-state index is 5.61. The highest BCUT2D eigenvalue weighted by Crippen LogP contribution is 2.28. The molecule has 0 aliphatic rings. The fourth-order valence-electron chi connectivity index (χ4n) is 1.35. The van der Waals surface area contributed by atoms with E-state index in [4.69, 9.17) is 16.0 Å². The van der Waals surface area contributed by atoms with Crippen LogP contribution in [0.3, 0.4) is 0 Å². The lowest BCUT2D eigenvalue weighted by molar-refractivity contribution is 0.513. The quantitative estimate of drug-likeness (QED) is 0.813. The van der Waals surface area contributed by atoms with Gasteiger partial charge in [0.1, 0.15) is 0 Å². The smallest absolute Gasteiger partial charge is 0.248 e. The van der Waals surface area contributed by atoms with Crippen LogP contribution < -0.4 is 0 Å². The van der Waals surface area contributed by atoms with Gasteiger partial charge >= 0.3 is 0 Å². The second-order valence-electron chi connectivity index (χ2n) is 3.42. The Balaban J connectivity index is 2.38. The standard InChI is InChI=1S/C11H10BrClN2O/c1-7-2-3-9(12)8(6-7)11-15-14-10(16-11)4-5-13/h2-3,6H,4-5H2,1H3. The minimum absolute atomic E-state index is 0.483. The lowest BCUT2D eigenvalue weighted by atomic mass is 10.1. The molecule has 0 atom stereocenters. The van der Waals surface area contributed by atoms with Gasteiger partial charge in [0.2, 0.25) is 11.8 Å². The number of aromatic nitrogens is 2. The molecule has 0 fully saturated rings. The summed E-state index contributed by atoms with van der Waals surface area (Å²) in [5.41, 5.74) is 2.06. The first kappa shape index (κ1) is 11.6. The third kappa shape index (κ3) is 2.44. The summed E-state index contributed by atoms with van der Waals surface area (Å²) < 4.78 is 6.45. The number of nitrogens with zero attached hydrogens (tertiary/aromatic N) is 2. The van der Waals surface area contributed by atoms with Crippen LogP contribution in [0.25, 0.3) is 11.5 Å². The fourth-order valence-corrected chi connectivity index (χ4v) is 1.93. The van der Waals surface area contributed by atoms with Crippen molar-refractivity contribution >= 4 is 27.5 Å². The molecule has 0 aliphatic heterocycles. The van der Waals surface area contributed by atoms with Gasteiger partial charge in [0.15, 0.2) is 0 Å². The number of aryl methyl sites for hydroxylation is 2. The Morgan fingerprint density at radius 3 is 2.94 bits per heavy atom. The highest BCUT2D eigenvalue weighted by Gasteiger charge is 2.11. The molecule has 0 saturated heterocycles. The summed E-state index contributed by atoms with van der Waals surface area (Å²) in [6, 6.07) is 5.99. The summed E-state index contributed by atoms with van der Waals surface area (Å²) in [6.45, 7) is 2.02. The van der Waals surface area contributed by atoms with E-state index in [-0.39, 0.29) is 0 Å².